The number of nitrogens with zero attached hydrogens (tertiary/aromatic N) is 1. The largest absolute Gasteiger partial charge is 0.465 e. The maximum Gasteiger partial charge on any atom is 0.407 e. The van der Waals surface area contributed by atoms with Gasteiger partial charge in [0, 0.05) is 29.7 Å². The summed E-state index contributed by atoms with van der Waals surface area (Å²) in [7, 11) is 0. The van der Waals surface area contributed by atoms with Crippen LogP contribution in [0.25, 0.3) is 11.0 Å². The molecule has 0 spiro atoms. The van der Waals surface area contributed by atoms with Crippen LogP contribution in [-0.2, 0) is 48.0 Å². The van der Waals surface area contributed by atoms with Gasteiger partial charge in [-0.1, -0.05) is 23.7 Å². The number of benzene rings is 2. The van der Waals surface area contributed by atoms with Crippen LogP contribution < -0.4 is 21.8 Å². The van der Waals surface area contributed by atoms with E-state index in [4.69, 9.17) is 25.8 Å². The number of rotatable bonds is 12. The highest BCUT2D eigenvalue weighted by atomic mass is 35.5. The third kappa shape index (κ3) is 9.03. The maximum atomic E-state index is 13.5. The lowest BCUT2D eigenvalue weighted by Crippen LogP contribution is -2.41. The van der Waals surface area contributed by atoms with Gasteiger partial charge in [0.25, 0.3) is 0 Å². The SMILES string of the molecule is CCOC(=O)C(CCc1cc(CNC(=O)OC(C)(C)C)ccc1NC(=O)C[C@@H]1CCc2cc(Cl)cc3[nH]c(=O)c(=O)n1c23)C(=O)OCC. The Morgan fingerprint density at radius 2 is 1.73 bits per heavy atom. The molecule has 0 saturated carbocycles. The molecule has 0 aliphatic carbocycles. The van der Waals surface area contributed by atoms with Crippen LogP contribution in [0, 0.1) is 5.92 Å². The van der Waals surface area contributed by atoms with E-state index in [1.807, 2.05) is 0 Å². The molecule has 2 aromatic carbocycles. The van der Waals surface area contributed by atoms with Crippen molar-refractivity contribution in [1.82, 2.24) is 14.9 Å². The van der Waals surface area contributed by atoms with Gasteiger partial charge < -0.3 is 29.8 Å². The van der Waals surface area contributed by atoms with Crippen LogP contribution in [-0.4, -0.2) is 52.3 Å². The Balaban J connectivity index is 1.59. The second-order valence-corrected chi connectivity index (χ2v) is 12.9. The number of hydrogen-bond donors (Lipinski definition) is 3. The fraction of sp³-hybridized carbons (Fsp3) is 0.471. The zero-order chi connectivity index (χ0) is 35.2. The first-order valence-electron chi connectivity index (χ1n) is 15.9. The number of nitrogens with one attached hydrogen (secondary N) is 3. The Bertz CT molecular complexity index is 1810. The first-order valence-corrected chi connectivity index (χ1v) is 16.3. The van der Waals surface area contributed by atoms with Crippen LogP contribution in [0.15, 0.2) is 39.9 Å². The molecule has 0 saturated heterocycles. The topological polar surface area (TPSA) is 175 Å². The van der Waals surface area contributed by atoms with E-state index in [1.165, 1.54) is 4.57 Å². The molecule has 4 rings (SSSR count). The Morgan fingerprint density at radius 3 is 2.38 bits per heavy atom. The first-order chi connectivity index (χ1) is 22.7. The smallest absolute Gasteiger partial charge is 0.407 e. The van der Waals surface area contributed by atoms with E-state index >= 15 is 0 Å². The molecule has 258 valence electrons. The average Bonchev–Trinajstić information content (AvgIpc) is 2.99. The molecular weight excluding hydrogens is 644 g/mol. The van der Waals surface area contributed by atoms with Crippen molar-refractivity contribution in [1.29, 1.82) is 0 Å². The van der Waals surface area contributed by atoms with Crippen molar-refractivity contribution in [2.75, 3.05) is 18.5 Å². The molecule has 1 aliphatic heterocycles. The van der Waals surface area contributed by atoms with Crippen LogP contribution >= 0.6 is 11.6 Å². The van der Waals surface area contributed by atoms with Crippen LogP contribution in [0.5, 0.6) is 0 Å². The van der Waals surface area contributed by atoms with E-state index in [0.29, 0.717) is 45.7 Å². The van der Waals surface area contributed by atoms with Crippen LogP contribution in [0.4, 0.5) is 10.5 Å². The number of carbonyl (C=O) groups is 4. The number of esters is 2. The lowest BCUT2D eigenvalue weighted by atomic mass is 9.95. The van der Waals surface area contributed by atoms with Gasteiger partial charge in [-0.2, -0.15) is 0 Å². The predicted octanol–water partition coefficient (Wildman–Crippen LogP) is 4.56. The number of carbonyl (C=O) groups excluding carboxylic acids is 4. The molecule has 1 aliphatic rings. The van der Waals surface area contributed by atoms with Crippen molar-refractivity contribution in [3.05, 3.63) is 72.8 Å². The van der Waals surface area contributed by atoms with Gasteiger partial charge in [0.15, 0.2) is 5.92 Å². The van der Waals surface area contributed by atoms with Gasteiger partial charge in [0.05, 0.1) is 24.2 Å². The van der Waals surface area contributed by atoms with Crippen molar-refractivity contribution in [2.45, 2.75) is 84.9 Å². The fourth-order valence-electron chi connectivity index (χ4n) is 5.71. The second-order valence-electron chi connectivity index (χ2n) is 12.5. The predicted molar refractivity (Wildman–Crippen MR) is 179 cm³/mol. The highest BCUT2D eigenvalue weighted by Crippen LogP contribution is 2.32. The highest BCUT2D eigenvalue weighted by Gasteiger charge is 2.30. The minimum absolute atomic E-state index is 0.0334. The van der Waals surface area contributed by atoms with Gasteiger partial charge in [-0.05, 0) is 95.2 Å². The minimum atomic E-state index is -1.18. The van der Waals surface area contributed by atoms with Gasteiger partial charge in [-0.3, -0.25) is 28.5 Å². The molecule has 0 fully saturated rings. The van der Waals surface area contributed by atoms with Crippen LogP contribution in [0.3, 0.4) is 0 Å². The van der Waals surface area contributed by atoms with E-state index in [-0.39, 0.29) is 39.0 Å². The summed E-state index contributed by atoms with van der Waals surface area (Å²) >= 11 is 6.23. The number of hydrogen-bond acceptors (Lipinski definition) is 9. The van der Waals surface area contributed by atoms with E-state index < -0.39 is 52.6 Å². The summed E-state index contributed by atoms with van der Waals surface area (Å²) < 4.78 is 16.9. The molecule has 1 aromatic heterocycles. The monoisotopic (exact) mass is 684 g/mol. The number of aryl methyl sites for hydroxylation is 2. The molecule has 14 heteroatoms. The van der Waals surface area contributed by atoms with Gasteiger partial charge >= 0.3 is 29.2 Å². The molecule has 48 heavy (non-hydrogen) atoms. The molecule has 0 radical (unpaired) electrons. The Kier molecular flexibility index (Phi) is 11.7. The first kappa shape index (κ1) is 36.2. The van der Waals surface area contributed by atoms with Crippen molar-refractivity contribution in [3.8, 4) is 0 Å². The zero-order valence-electron chi connectivity index (χ0n) is 27.7. The molecule has 0 unspecified atom stereocenters. The van der Waals surface area contributed by atoms with E-state index in [2.05, 4.69) is 15.6 Å². The molecule has 2 heterocycles. The summed E-state index contributed by atoms with van der Waals surface area (Å²) in [6.45, 7) is 8.82. The number of anilines is 1. The number of halogens is 1. The Morgan fingerprint density at radius 1 is 1.04 bits per heavy atom. The number of ether oxygens (including phenoxy) is 3. The van der Waals surface area contributed by atoms with E-state index in [9.17, 15) is 28.8 Å². The third-order valence-electron chi connectivity index (χ3n) is 7.71. The lowest BCUT2D eigenvalue weighted by molar-refractivity contribution is -0.161. The highest BCUT2D eigenvalue weighted by molar-refractivity contribution is 6.31. The summed E-state index contributed by atoms with van der Waals surface area (Å²) in [4.78, 5) is 79.2. The molecule has 3 N–H and O–H groups in total. The van der Waals surface area contributed by atoms with Crippen molar-refractivity contribution < 1.29 is 33.4 Å². The molecule has 2 amide bonds. The standard InChI is InChI=1S/C34H41ClN4O9/c1-6-46-31(43)24(32(44)47-7-2)12-10-20-14-19(18-36-33(45)48-34(3,4)5)8-13-25(20)37-27(40)17-23-11-9-21-15-22(35)16-26-28(21)39(23)30(42)29(41)38-26/h8,13-16,23-24H,6-7,9-12,17-18H2,1-5H3,(H,36,45)(H,37,40)(H,38,41)/t23-/m0/s1. The van der Waals surface area contributed by atoms with E-state index in [1.54, 1.807) is 65.0 Å². The molecule has 3 aromatic rings. The number of alkyl carbamates (subject to hydrolysis) is 1. The number of aromatic amines is 1. The van der Waals surface area contributed by atoms with E-state index in [0.717, 1.165) is 5.56 Å². The number of aromatic nitrogens is 2. The maximum absolute atomic E-state index is 13.5. The van der Waals surface area contributed by atoms with Crippen LogP contribution in [0.1, 0.15) is 76.6 Å². The van der Waals surface area contributed by atoms with Gasteiger partial charge in [-0.25, -0.2) is 4.79 Å². The molecule has 0 bridgehead atoms. The third-order valence-corrected chi connectivity index (χ3v) is 7.93. The lowest BCUT2D eigenvalue weighted by Gasteiger charge is -2.27. The zero-order valence-corrected chi connectivity index (χ0v) is 28.5. The normalized spacial score (nSPS) is 14.0. The average molecular weight is 685 g/mol. The van der Waals surface area contributed by atoms with Crippen molar-refractivity contribution >= 4 is 52.3 Å². The van der Waals surface area contributed by atoms with Crippen molar-refractivity contribution in [3.63, 3.8) is 0 Å². The molecule has 1 atom stereocenters. The Hall–Kier alpha value is -4.65. The Labute approximate surface area is 282 Å². The summed E-state index contributed by atoms with van der Waals surface area (Å²) in [6.07, 6.45) is 0.480. The number of H-pyrrole nitrogens is 1. The van der Waals surface area contributed by atoms with Crippen LogP contribution in [0.2, 0.25) is 5.02 Å². The minimum Gasteiger partial charge on any atom is -0.465 e. The summed E-state index contributed by atoms with van der Waals surface area (Å²) in [5.41, 5.74) is 1.20. The number of amides is 2. The summed E-state index contributed by atoms with van der Waals surface area (Å²) in [6, 6.07) is 7.88. The van der Waals surface area contributed by atoms with Gasteiger partial charge in [0.2, 0.25) is 5.91 Å². The summed E-state index contributed by atoms with van der Waals surface area (Å²) in [5.74, 6) is -3.01. The quantitative estimate of drug-likeness (QED) is 0.107. The van der Waals surface area contributed by atoms with Crippen molar-refractivity contribution in [2.24, 2.45) is 5.92 Å². The molecule has 13 nitrogen and oxygen atoms in total. The summed E-state index contributed by atoms with van der Waals surface area (Å²) in [5, 5.41) is 6.03. The molecular formula is C34H41ClN4O9. The van der Waals surface area contributed by atoms with Gasteiger partial charge in [0.1, 0.15) is 5.60 Å². The second kappa shape index (κ2) is 15.5. The fourth-order valence-corrected chi connectivity index (χ4v) is 5.95. The van der Waals surface area contributed by atoms with Gasteiger partial charge in [-0.15, -0.1) is 0 Å².